The van der Waals surface area contributed by atoms with Crippen LogP contribution < -0.4 is 5.73 Å². The van der Waals surface area contributed by atoms with Crippen LogP contribution >= 0.6 is 38.5 Å². The molecule has 1 nitrogen and oxygen atoms in total. The van der Waals surface area contributed by atoms with Gasteiger partial charge in [0.05, 0.1) is 13.7 Å². The van der Waals surface area contributed by atoms with Gasteiger partial charge in [-0.05, 0) is 57.1 Å². The lowest BCUT2D eigenvalue weighted by Gasteiger charge is -2.05. The molecule has 0 bridgehead atoms. The Kier molecular flexibility index (Phi) is 2.74. The molecule has 0 spiro atoms. The maximum atomic E-state index is 13.0. The van der Waals surface area contributed by atoms with Gasteiger partial charge in [0.15, 0.2) is 5.82 Å². The van der Waals surface area contributed by atoms with Crippen LogP contribution in [0, 0.1) is 16.3 Å². The molecule has 0 aliphatic heterocycles. The molecule has 0 unspecified atom stereocenters. The summed E-state index contributed by atoms with van der Waals surface area (Å²) in [6.07, 6.45) is 0. The van der Waals surface area contributed by atoms with Gasteiger partial charge in [-0.3, -0.25) is 0 Å². The molecule has 1 aromatic rings. The maximum absolute atomic E-state index is 13.0. The van der Waals surface area contributed by atoms with E-state index < -0.39 is 0 Å². The predicted molar refractivity (Wildman–Crippen MR) is 56.0 cm³/mol. The number of aryl methyl sites for hydroxylation is 1. The molecule has 1 aromatic carbocycles. The third kappa shape index (κ3) is 1.66. The standard InChI is InChI=1S/C7H6BrFIN/c1-3-2-4(8)5(9)6(10)7(3)11/h2H,11H2,1H3. The fourth-order valence-electron chi connectivity index (χ4n) is 0.727. The number of nitrogen functional groups attached to an aromatic ring is 1. The van der Waals surface area contributed by atoms with Gasteiger partial charge in [0.2, 0.25) is 0 Å². The van der Waals surface area contributed by atoms with E-state index in [0.717, 1.165) is 5.56 Å². The molecule has 60 valence electrons. The topological polar surface area (TPSA) is 26.0 Å². The van der Waals surface area contributed by atoms with E-state index in [1.54, 1.807) is 6.07 Å². The quantitative estimate of drug-likeness (QED) is 0.442. The number of benzene rings is 1. The lowest BCUT2D eigenvalue weighted by Crippen LogP contribution is -1.97. The summed E-state index contributed by atoms with van der Waals surface area (Å²) in [6.45, 7) is 1.85. The van der Waals surface area contributed by atoms with Crippen LogP contribution in [-0.2, 0) is 0 Å². The molecule has 0 heterocycles. The first-order chi connectivity index (χ1) is 5.04. The SMILES string of the molecule is Cc1cc(Br)c(F)c(I)c1N. The second-order valence-corrected chi connectivity index (χ2v) is 4.15. The van der Waals surface area contributed by atoms with Crippen LogP contribution in [0.25, 0.3) is 0 Å². The van der Waals surface area contributed by atoms with E-state index in [1.165, 1.54) is 0 Å². The summed E-state index contributed by atoms with van der Waals surface area (Å²) in [6, 6.07) is 1.67. The Morgan fingerprint density at radius 1 is 1.64 bits per heavy atom. The van der Waals surface area contributed by atoms with Gasteiger partial charge in [-0.1, -0.05) is 0 Å². The molecule has 0 atom stereocenters. The largest absolute Gasteiger partial charge is 0.398 e. The van der Waals surface area contributed by atoms with E-state index in [4.69, 9.17) is 5.73 Å². The van der Waals surface area contributed by atoms with Gasteiger partial charge < -0.3 is 5.73 Å². The fraction of sp³-hybridized carbons (Fsp3) is 0.143. The van der Waals surface area contributed by atoms with Crippen molar-refractivity contribution in [1.82, 2.24) is 0 Å². The van der Waals surface area contributed by atoms with Crippen molar-refractivity contribution in [3.63, 3.8) is 0 Å². The lowest BCUT2D eigenvalue weighted by atomic mass is 10.2. The highest BCUT2D eigenvalue weighted by atomic mass is 127. The van der Waals surface area contributed by atoms with Crippen molar-refractivity contribution in [2.75, 3.05) is 5.73 Å². The summed E-state index contributed by atoms with van der Waals surface area (Å²) in [5, 5.41) is 0. The van der Waals surface area contributed by atoms with Crippen LogP contribution in [0.2, 0.25) is 0 Å². The highest BCUT2D eigenvalue weighted by Crippen LogP contribution is 2.28. The Labute approximate surface area is 86.4 Å². The summed E-state index contributed by atoms with van der Waals surface area (Å²) in [5.41, 5.74) is 6.99. The molecular weight excluding hydrogens is 324 g/mol. The molecule has 1 rings (SSSR count). The summed E-state index contributed by atoms with van der Waals surface area (Å²) in [4.78, 5) is 0. The van der Waals surface area contributed by atoms with Gasteiger partial charge in [-0.15, -0.1) is 0 Å². The van der Waals surface area contributed by atoms with Crippen molar-refractivity contribution in [3.8, 4) is 0 Å². The minimum Gasteiger partial charge on any atom is -0.398 e. The number of rotatable bonds is 0. The smallest absolute Gasteiger partial charge is 0.152 e. The van der Waals surface area contributed by atoms with E-state index in [-0.39, 0.29) is 5.82 Å². The maximum Gasteiger partial charge on any atom is 0.152 e. The molecule has 0 fully saturated rings. The molecule has 0 aliphatic rings. The zero-order valence-corrected chi connectivity index (χ0v) is 9.53. The van der Waals surface area contributed by atoms with E-state index in [1.807, 2.05) is 29.5 Å². The van der Waals surface area contributed by atoms with Crippen LogP contribution in [0.4, 0.5) is 10.1 Å². The first-order valence-electron chi connectivity index (χ1n) is 2.93. The highest BCUT2D eigenvalue weighted by molar-refractivity contribution is 14.1. The summed E-state index contributed by atoms with van der Waals surface area (Å²) < 4.78 is 14.0. The molecular formula is C7H6BrFIN. The molecule has 11 heavy (non-hydrogen) atoms. The van der Waals surface area contributed by atoms with E-state index >= 15 is 0 Å². The second-order valence-electron chi connectivity index (χ2n) is 2.22. The minimum absolute atomic E-state index is 0.284. The van der Waals surface area contributed by atoms with Crippen molar-refractivity contribution < 1.29 is 4.39 Å². The van der Waals surface area contributed by atoms with Gasteiger partial charge in [-0.25, -0.2) is 4.39 Å². The average Bonchev–Trinajstić information content (AvgIpc) is 1.97. The fourth-order valence-corrected chi connectivity index (χ4v) is 2.36. The van der Waals surface area contributed by atoms with Crippen LogP contribution in [0.3, 0.4) is 0 Å². The Morgan fingerprint density at radius 3 is 2.73 bits per heavy atom. The zero-order valence-electron chi connectivity index (χ0n) is 5.79. The Morgan fingerprint density at radius 2 is 2.18 bits per heavy atom. The number of nitrogens with two attached hydrogens (primary N) is 1. The normalized spacial score (nSPS) is 10.2. The molecule has 0 amide bonds. The van der Waals surface area contributed by atoms with Crippen LogP contribution in [0.1, 0.15) is 5.56 Å². The van der Waals surface area contributed by atoms with Gasteiger partial charge >= 0.3 is 0 Å². The Hall–Kier alpha value is 0.160. The predicted octanol–water partition coefficient (Wildman–Crippen LogP) is 3.08. The van der Waals surface area contributed by atoms with Crippen molar-refractivity contribution >= 4 is 44.2 Å². The van der Waals surface area contributed by atoms with Crippen molar-refractivity contribution in [2.45, 2.75) is 6.92 Å². The number of hydrogen-bond acceptors (Lipinski definition) is 1. The van der Waals surface area contributed by atoms with Crippen molar-refractivity contribution in [2.24, 2.45) is 0 Å². The van der Waals surface area contributed by atoms with Crippen molar-refractivity contribution in [3.05, 3.63) is 25.5 Å². The minimum atomic E-state index is -0.284. The Bertz CT molecular complexity index is 275. The van der Waals surface area contributed by atoms with Gasteiger partial charge in [0, 0.05) is 0 Å². The lowest BCUT2D eigenvalue weighted by molar-refractivity contribution is 0.614. The Balaban J connectivity index is 3.46. The van der Waals surface area contributed by atoms with Crippen LogP contribution in [0.15, 0.2) is 10.5 Å². The second kappa shape index (κ2) is 3.26. The van der Waals surface area contributed by atoms with Gasteiger partial charge in [-0.2, -0.15) is 0 Å². The summed E-state index contributed by atoms with van der Waals surface area (Å²) in [7, 11) is 0. The van der Waals surface area contributed by atoms with Gasteiger partial charge in [0.1, 0.15) is 0 Å². The molecule has 4 heteroatoms. The number of halogens is 3. The number of anilines is 1. The average molecular weight is 330 g/mol. The summed E-state index contributed by atoms with van der Waals surface area (Å²) >= 11 is 4.99. The number of hydrogen-bond donors (Lipinski definition) is 1. The third-order valence-electron chi connectivity index (χ3n) is 1.41. The van der Waals surface area contributed by atoms with Crippen LogP contribution in [-0.4, -0.2) is 0 Å². The third-order valence-corrected chi connectivity index (χ3v) is 3.04. The van der Waals surface area contributed by atoms with E-state index in [2.05, 4.69) is 15.9 Å². The molecule has 0 saturated heterocycles. The first-order valence-corrected chi connectivity index (χ1v) is 4.80. The molecule has 0 radical (unpaired) electrons. The van der Waals surface area contributed by atoms with Crippen LogP contribution in [0.5, 0.6) is 0 Å². The van der Waals surface area contributed by atoms with E-state index in [0.29, 0.717) is 13.7 Å². The molecule has 2 N–H and O–H groups in total. The molecule has 0 aliphatic carbocycles. The van der Waals surface area contributed by atoms with E-state index in [9.17, 15) is 4.39 Å². The van der Waals surface area contributed by atoms with Crippen molar-refractivity contribution in [1.29, 1.82) is 0 Å². The summed E-state index contributed by atoms with van der Waals surface area (Å²) in [5.74, 6) is -0.284. The molecule has 0 saturated carbocycles. The highest BCUT2D eigenvalue weighted by Gasteiger charge is 2.09. The van der Waals surface area contributed by atoms with Gasteiger partial charge in [0.25, 0.3) is 0 Å². The first kappa shape index (κ1) is 9.25. The monoisotopic (exact) mass is 329 g/mol. The molecule has 0 aromatic heterocycles. The zero-order chi connectivity index (χ0) is 8.59.